The number of hydrogen-bond acceptors (Lipinski definition) is 7. The van der Waals surface area contributed by atoms with Gasteiger partial charge in [0.05, 0.1) is 6.10 Å². The van der Waals surface area contributed by atoms with Crippen LogP contribution in [0.2, 0.25) is 0 Å². The van der Waals surface area contributed by atoms with E-state index < -0.39 is 54.4 Å². The van der Waals surface area contributed by atoms with Crippen LogP contribution in [0.5, 0.6) is 0 Å². The molecule has 1 rings (SSSR count). The lowest BCUT2D eigenvalue weighted by molar-refractivity contribution is -0.155. The summed E-state index contributed by atoms with van der Waals surface area (Å²) in [6.45, 7) is 0.400. The van der Waals surface area contributed by atoms with E-state index in [1.165, 1.54) is 0 Å². The second kappa shape index (κ2) is 8.92. The largest absolute Gasteiger partial charge is 0.481 e. The molecule has 0 aromatic carbocycles. The standard InChI is InChI=1S/C6H9NO6.C5H9NO3/c7-3(6(12)13)1-2(4(8)9)5(10)11;7-3-1-4(5(8)9)6-2-3/h2-3H,1,7H2,(H,8,9)(H,10,11)(H,12,13);3-4,6-7H,1-2H2,(H,8,9). The van der Waals surface area contributed by atoms with Gasteiger partial charge in [0.2, 0.25) is 0 Å². The fourth-order valence-corrected chi connectivity index (χ4v) is 1.57. The molecule has 0 saturated carbocycles. The van der Waals surface area contributed by atoms with Gasteiger partial charge in [-0.1, -0.05) is 0 Å². The molecule has 0 radical (unpaired) electrons. The van der Waals surface area contributed by atoms with E-state index in [1.54, 1.807) is 0 Å². The molecule has 0 aromatic heterocycles. The van der Waals surface area contributed by atoms with Gasteiger partial charge >= 0.3 is 23.9 Å². The van der Waals surface area contributed by atoms with Gasteiger partial charge in [0.15, 0.2) is 5.92 Å². The molecule has 11 nitrogen and oxygen atoms in total. The van der Waals surface area contributed by atoms with Crippen molar-refractivity contribution in [2.75, 3.05) is 6.54 Å². The van der Waals surface area contributed by atoms with Gasteiger partial charge in [-0.3, -0.25) is 19.2 Å². The van der Waals surface area contributed by atoms with Gasteiger partial charge in [0.1, 0.15) is 12.1 Å². The first-order valence-electron chi connectivity index (χ1n) is 6.14. The first kappa shape index (κ1) is 19.8. The fraction of sp³-hybridized carbons (Fsp3) is 0.636. The Bertz CT molecular complexity index is 425. The van der Waals surface area contributed by atoms with Gasteiger partial charge < -0.3 is 36.6 Å². The molecular weight excluding hydrogens is 304 g/mol. The maximum Gasteiger partial charge on any atom is 0.320 e. The summed E-state index contributed by atoms with van der Waals surface area (Å²) in [6, 6.07) is -2.02. The molecule has 1 aliphatic heterocycles. The third-order valence-corrected chi connectivity index (χ3v) is 2.81. The predicted octanol–water partition coefficient (Wildman–Crippen LogP) is -2.63. The summed E-state index contributed by atoms with van der Waals surface area (Å²) >= 11 is 0. The lowest BCUT2D eigenvalue weighted by atomic mass is 10.0. The van der Waals surface area contributed by atoms with E-state index in [2.05, 4.69) is 5.32 Å². The highest BCUT2D eigenvalue weighted by atomic mass is 16.4. The molecule has 1 fully saturated rings. The third-order valence-electron chi connectivity index (χ3n) is 2.81. The minimum Gasteiger partial charge on any atom is -0.481 e. The maximum absolute atomic E-state index is 10.3. The Morgan fingerprint density at radius 3 is 1.77 bits per heavy atom. The zero-order valence-electron chi connectivity index (χ0n) is 11.4. The summed E-state index contributed by atoms with van der Waals surface area (Å²) in [4.78, 5) is 40.9. The Morgan fingerprint density at radius 2 is 1.55 bits per heavy atom. The van der Waals surface area contributed by atoms with Gasteiger partial charge in [-0.2, -0.15) is 0 Å². The predicted molar refractivity (Wildman–Crippen MR) is 69.0 cm³/mol. The molecule has 0 bridgehead atoms. The van der Waals surface area contributed by atoms with Crippen LogP contribution < -0.4 is 11.1 Å². The number of β-amino-alcohol motifs (C(OH)–C–C–N with tert-alkyl or cyclic N) is 1. The number of nitrogens with one attached hydrogen (secondary N) is 1. The van der Waals surface area contributed by atoms with Crippen molar-refractivity contribution >= 4 is 23.9 Å². The topological polar surface area (TPSA) is 207 Å². The molecule has 1 aliphatic rings. The van der Waals surface area contributed by atoms with Crippen LogP contribution in [0.25, 0.3) is 0 Å². The van der Waals surface area contributed by atoms with Crippen LogP contribution in [0.1, 0.15) is 12.8 Å². The van der Waals surface area contributed by atoms with E-state index >= 15 is 0 Å². The number of rotatable bonds is 6. The van der Waals surface area contributed by atoms with Gasteiger partial charge in [-0.25, -0.2) is 0 Å². The second-order valence-electron chi connectivity index (χ2n) is 4.60. The van der Waals surface area contributed by atoms with E-state index in [0.717, 1.165) is 0 Å². The lowest BCUT2D eigenvalue weighted by Crippen LogP contribution is -2.37. The highest BCUT2D eigenvalue weighted by molar-refractivity contribution is 5.93. The number of nitrogens with two attached hydrogens (primary N) is 1. The van der Waals surface area contributed by atoms with Crippen LogP contribution >= 0.6 is 0 Å². The average Bonchev–Trinajstić information content (AvgIpc) is 2.82. The highest BCUT2D eigenvalue weighted by Crippen LogP contribution is 2.06. The molecule has 8 N–H and O–H groups in total. The number of aliphatic hydroxyl groups is 1. The Labute approximate surface area is 124 Å². The highest BCUT2D eigenvalue weighted by Gasteiger charge is 2.30. The second-order valence-corrected chi connectivity index (χ2v) is 4.60. The molecule has 1 heterocycles. The van der Waals surface area contributed by atoms with E-state index in [-0.39, 0.29) is 0 Å². The monoisotopic (exact) mass is 322 g/mol. The molecule has 11 heteroatoms. The van der Waals surface area contributed by atoms with Crippen LogP contribution in [0.3, 0.4) is 0 Å². The van der Waals surface area contributed by atoms with E-state index in [4.69, 9.17) is 31.3 Å². The molecule has 3 unspecified atom stereocenters. The fourth-order valence-electron chi connectivity index (χ4n) is 1.57. The van der Waals surface area contributed by atoms with Crippen LogP contribution in [0, 0.1) is 5.92 Å². The molecule has 0 aromatic rings. The Kier molecular flexibility index (Phi) is 8.01. The molecule has 0 aliphatic carbocycles. The number of aliphatic carboxylic acids is 4. The van der Waals surface area contributed by atoms with Crippen molar-refractivity contribution in [2.24, 2.45) is 11.7 Å². The summed E-state index contributed by atoms with van der Waals surface area (Å²) in [6.07, 6.45) is -0.777. The summed E-state index contributed by atoms with van der Waals surface area (Å²) in [5, 5.41) is 44.8. The summed E-state index contributed by atoms with van der Waals surface area (Å²) < 4.78 is 0. The minimum atomic E-state index is -1.77. The summed E-state index contributed by atoms with van der Waals surface area (Å²) in [5.41, 5.74) is 4.97. The molecule has 0 spiro atoms. The molecule has 3 atom stereocenters. The van der Waals surface area contributed by atoms with Crippen molar-refractivity contribution in [1.82, 2.24) is 5.32 Å². The van der Waals surface area contributed by atoms with Gasteiger partial charge in [-0.15, -0.1) is 0 Å². The molecule has 0 amide bonds. The molecule has 1 saturated heterocycles. The number of carboxylic acid groups (broad SMARTS) is 4. The van der Waals surface area contributed by atoms with Crippen molar-refractivity contribution < 1.29 is 44.7 Å². The lowest BCUT2D eigenvalue weighted by Gasteiger charge is -2.09. The summed E-state index contributed by atoms with van der Waals surface area (Å²) in [5.74, 6) is -7.27. The van der Waals surface area contributed by atoms with Crippen LogP contribution in [-0.4, -0.2) is 74.1 Å². The zero-order chi connectivity index (χ0) is 17.4. The van der Waals surface area contributed by atoms with Crippen molar-refractivity contribution in [1.29, 1.82) is 0 Å². The average molecular weight is 322 g/mol. The number of aliphatic hydroxyl groups excluding tert-OH is 1. The molecular formula is C11H18N2O9. The van der Waals surface area contributed by atoms with Crippen LogP contribution in [0.4, 0.5) is 0 Å². The van der Waals surface area contributed by atoms with Crippen LogP contribution in [-0.2, 0) is 19.2 Å². The Balaban J connectivity index is 0.000000425. The third kappa shape index (κ3) is 6.97. The zero-order valence-corrected chi connectivity index (χ0v) is 11.4. The smallest absolute Gasteiger partial charge is 0.320 e. The van der Waals surface area contributed by atoms with Crippen molar-refractivity contribution in [3.63, 3.8) is 0 Å². The van der Waals surface area contributed by atoms with Crippen molar-refractivity contribution in [2.45, 2.75) is 31.0 Å². The molecule has 126 valence electrons. The van der Waals surface area contributed by atoms with E-state index in [0.29, 0.717) is 13.0 Å². The number of carboxylic acids is 4. The Morgan fingerprint density at radius 1 is 1.05 bits per heavy atom. The van der Waals surface area contributed by atoms with Gasteiger partial charge in [0.25, 0.3) is 0 Å². The first-order chi connectivity index (χ1) is 10.1. The first-order valence-corrected chi connectivity index (χ1v) is 6.14. The summed E-state index contributed by atoms with van der Waals surface area (Å²) in [7, 11) is 0. The Hall–Kier alpha value is -2.24. The SMILES string of the molecule is NC(CC(C(=O)O)C(=O)O)C(=O)O.O=C(O)C1CC(O)CN1. The van der Waals surface area contributed by atoms with Gasteiger partial charge in [-0.05, 0) is 6.42 Å². The number of hydrogen-bond donors (Lipinski definition) is 7. The quantitative estimate of drug-likeness (QED) is 0.251. The van der Waals surface area contributed by atoms with Crippen molar-refractivity contribution in [3.05, 3.63) is 0 Å². The van der Waals surface area contributed by atoms with Crippen LogP contribution in [0.15, 0.2) is 0 Å². The van der Waals surface area contributed by atoms with Gasteiger partial charge in [0, 0.05) is 13.0 Å². The number of carbonyl (C=O) groups is 4. The molecule has 22 heavy (non-hydrogen) atoms. The maximum atomic E-state index is 10.3. The minimum absolute atomic E-state index is 0.329. The van der Waals surface area contributed by atoms with E-state index in [1.807, 2.05) is 0 Å². The van der Waals surface area contributed by atoms with Crippen molar-refractivity contribution in [3.8, 4) is 0 Å². The van der Waals surface area contributed by atoms with E-state index in [9.17, 15) is 19.2 Å². The normalized spacial score (nSPS) is 21.6.